The molecule has 2 amide bonds. The summed E-state index contributed by atoms with van der Waals surface area (Å²) in [5.74, 6) is -1.34. The lowest BCUT2D eigenvalue weighted by atomic mass is 10.1. The van der Waals surface area contributed by atoms with Gasteiger partial charge in [-0.1, -0.05) is 0 Å². The van der Waals surface area contributed by atoms with Gasteiger partial charge in [-0.05, 0) is 36.6 Å². The van der Waals surface area contributed by atoms with E-state index in [4.69, 9.17) is 5.11 Å². The molecule has 1 aliphatic rings. The summed E-state index contributed by atoms with van der Waals surface area (Å²) in [5, 5.41) is 8.80. The van der Waals surface area contributed by atoms with E-state index in [2.05, 4.69) is 0 Å². The molecule has 2 rings (SSSR count). The highest BCUT2D eigenvalue weighted by Gasteiger charge is 2.23. The molecule has 5 nitrogen and oxygen atoms in total. The van der Waals surface area contributed by atoms with Crippen molar-refractivity contribution in [3.8, 4) is 0 Å². The predicted molar refractivity (Wildman–Crippen MR) is 79.5 cm³/mol. The van der Waals surface area contributed by atoms with Gasteiger partial charge in [0.05, 0.1) is 0 Å². The lowest BCUT2D eigenvalue weighted by molar-refractivity contribution is -0.141. The van der Waals surface area contributed by atoms with E-state index >= 15 is 0 Å². The fourth-order valence-corrected chi connectivity index (χ4v) is 2.63. The van der Waals surface area contributed by atoms with Gasteiger partial charge in [0.25, 0.3) is 0 Å². The Morgan fingerprint density at radius 2 is 1.65 bits per heavy atom. The molecule has 23 heavy (non-hydrogen) atoms. The Balaban J connectivity index is 1.75. The van der Waals surface area contributed by atoms with E-state index in [1.807, 2.05) is 0 Å². The Labute approximate surface area is 133 Å². The molecule has 1 saturated heterocycles. The van der Waals surface area contributed by atoms with Crippen molar-refractivity contribution in [2.45, 2.75) is 19.3 Å². The van der Waals surface area contributed by atoms with Crippen LogP contribution in [0, 0.1) is 11.6 Å². The van der Waals surface area contributed by atoms with Gasteiger partial charge in [-0.3, -0.25) is 9.59 Å². The fraction of sp³-hybridized carbons (Fsp3) is 0.500. The van der Waals surface area contributed by atoms with Gasteiger partial charge in [-0.25, -0.2) is 8.78 Å². The summed E-state index contributed by atoms with van der Waals surface area (Å²) < 4.78 is 26.5. The lowest BCUT2D eigenvalue weighted by Gasteiger charge is -2.34. The van der Waals surface area contributed by atoms with Crippen LogP contribution in [-0.4, -0.2) is 59.5 Å². The number of nitrogens with zero attached hydrogens (tertiary/aromatic N) is 2. The Hall–Kier alpha value is -2.02. The van der Waals surface area contributed by atoms with Crippen LogP contribution >= 0.6 is 0 Å². The molecule has 1 aromatic rings. The summed E-state index contributed by atoms with van der Waals surface area (Å²) in [7, 11) is 0. The van der Waals surface area contributed by atoms with E-state index in [0.717, 1.165) is 18.2 Å². The molecule has 1 N–H and O–H groups in total. The number of hydrogen-bond donors (Lipinski definition) is 1. The van der Waals surface area contributed by atoms with Crippen LogP contribution in [0.4, 0.5) is 8.78 Å². The highest BCUT2D eigenvalue weighted by atomic mass is 19.1. The van der Waals surface area contributed by atoms with Gasteiger partial charge in [0.1, 0.15) is 18.2 Å². The van der Waals surface area contributed by atoms with Crippen LogP contribution in [0.15, 0.2) is 18.2 Å². The number of aliphatic hydroxyl groups is 1. The van der Waals surface area contributed by atoms with Gasteiger partial charge in [0.2, 0.25) is 11.8 Å². The minimum atomic E-state index is -0.521. The topological polar surface area (TPSA) is 60.9 Å². The second-order valence-electron chi connectivity index (χ2n) is 5.51. The second kappa shape index (κ2) is 8.01. The molecule has 1 aliphatic heterocycles. The molecule has 0 radical (unpaired) electrons. The molecule has 0 unspecified atom stereocenters. The molecular formula is C16H20F2N2O3. The molecule has 1 fully saturated rings. The van der Waals surface area contributed by atoms with E-state index in [1.165, 1.54) is 4.90 Å². The summed E-state index contributed by atoms with van der Waals surface area (Å²) in [6.07, 6.45) is 0.997. The Kier molecular flexibility index (Phi) is 6.04. The zero-order valence-electron chi connectivity index (χ0n) is 12.8. The zero-order valence-corrected chi connectivity index (χ0v) is 12.8. The number of carbonyl (C=O) groups is 2. The van der Waals surface area contributed by atoms with Crippen LogP contribution < -0.4 is 0 Å². The maximum atomic E-state index is 13.5. The number of aliphatic hydroxyl groups excluding tert-OH is 1. The fourth-order valence-electron chi connectivity index (χ4n) is 2.63. The lowest BCUT2D eigenvalue weighted by Crippen LogP contribution is -2.51. The number of aryl methyl sites for hydroxylation is 1. The number of carbonyl (C=O) groups excluding carboxylic acids is 2. The molecule has 0 saturated carbocycles. The molecule has 7 heteroatoms. The molecule has 0 bridgehead atoms. The smallest absolute Gasteiger partial charge is 0.248 e. The minimum absolute atomic E-state index is 0.0575. The summed E-state index contributed by atoms with van der Waals surface area (Å²) in [6, 6.07) is 3.31. The van der Waals surface area contributed by atoms with Crippen LogP contribution in [0.1, 0.15) is 18.4 Å². The van der Waals surface area contributed by atoms with Crippen LogP contribution in [-0.2, 0) is 16.0 Å². The SMILES string of the molecule is O=C(CO)N1CCN(C(=O)CCCc2cc(F)ccc2F)CC1. The maximum absolute atomic E-state index is 13.5. The molecule has 126 valence electrons. The summed E-state index contributed by atoms with van der Waals surface area (Å²) >= 11 is 0. The normalized spacial score (nSPS) is 14.9. The molecule has 0 atom stereocenters. The summed E-state index contributed by atoms with van der Waals surface area (Å²) in [6.45, 7) is 1.15. The monoisotopic (exact) mass is 326 g/mol. The maximum Gasteiger partial charge on any atom is 0.248 e. The van der Waals surface area contributed by atoms with Crippen LogP contribution in [0.5, 0.6) is 0 Å². The van der Waals surface area contributed by atoms with Gasteiger partial charge in [-0.15, -0.1) is 0 Å². The zero-order chi connectivity index (χ0) is 16.8. The van der Waals surface area contributed by atoms with Crippen molar-refractivity contribution >= 4 is 11.8 Å². The van der Waals surface area contributed by atoms with Gasteiger partial charge in [-0.2, -0.15) is 0 Å². The highest BCUT2D eigenvalue weighted by molar-refractivity contribution is 5.79. The van der Waals surface area contributed by atoms with Crippen LogP contribution in [0.2, 0.25) is 0 Å². The summed E-state index contributed by atoms with van der Waals surface area (Å²) in [4.78, 5) is 26.6. The first-order chi connectivity index (χ1) is 11.0. The van der Waals surface area contributed by atoms with Crippen LogP contribution in [0.25, 0.3) is 0 Å². The average molecular weight is 326 g/mol. The van der Waals surface area contributed by atoms with Crippen molar-refractivity contribution in [1.29, 1.82) is 0 Å². The number of piperazine rings is 1. The molecule has 1 heterocycles. The third-order valence-electron chi connectivity index (χ3n) is 3.96. The van der Waals surface area contributed by atoms with E-state index in [0.29, 0.717) is 39.0 Å². The van der Waals surface area contributed by atoms with Gasteiger partial charge >= 0.3 is 0 Å². The van der Waals surface area contributed by atoms with Crippen LogP contribution in [0.3, 0.4) is 0 Å². The van der Waals surface area contributed by atoms with E-state index in [9.17, 15) is 18.4 Å². The Bertz CT molecular complexity index is 572. The van der Waals surface area contributed by atoms with Gasteiger partial charge in [0.15, 0.2) is 0 Å². The van der Waals surface area contributed by atoms with Crippen molar-refractivity contribution in [3.05, 3.63) is 35.4 Å². The largest absolute Gasteiger partial charge is 0.387 e. The first-order valence-electron chi connectivity index (χ1n) is 7.61. The van der Waals surface area contributed by atoms with Crippen molar-refractivity contribution in [2.75, 3.05) is 32.8 Å². The second-order valence-corrected chi connectivity index (χ2v) is 5.51. The van der Waals surface area contributed by atoms with E-state index in [-0.39, 0.29) is 23.8 Å². The minimum Gasteiger partial charge on any atom is -0.387 e. The number of hydrogen-bond acceptors (Lipinski definition) is 3. The van der Waals surface area contributed by atoms with Crippen molar-refractivity contribution in [2.24, 2.45) is 0 Å². The van der Waals surface area contributed by atoms with Crippen molar-refractivity contribution in [3.63, 3.8) is 0 Å². The molecule has 0 aliphatic carbocycles. The third-order valence-corrected chi connectivity index (χ3v) is 3.96. The highest BCUT2D eigenvalue weighted by Crippen LogP contribution is 2.14. The standard InChI is InChI=1S/C16H20F2N2O3/c17-13-4-5-14(18)12(10-13)2-1-3-15(22)19-6-8-20(9-7-19)16(23)11-21/h4-5,10,21H,1-3,6-9,11H2. The molecule has 1 aromatic carbocycles. The number of benzene rings is 1. The number of rotatable bonds is 5. The average Bonchev–Trinajstić information content (AvgIpc) is 2.57. The van der Waals surface area contributed by atoms with E-state index < -0.39 is 18.2 Å². The summed E-state index contributed by atoms with van der Waals surface area (Å²) in [5.41, 5.74) is 0.274. The van der Waals surface area contributed by atoms with Crippen molar-refractivity contribution < 1.29 is 23.5 Å². The van der Waals surface area contributed by atoms with Gasteiger partial charge in [0, 0.05) is 32.6 Å². The Morgan fingerprint density at radius 1 is 1.04 bits per heavy atom. The van der Waals surface area contributed by atoms with Crippen molar-refractivity contribution in [1.82, 2.24) is 9.80 Å². The molecular weight excluding hydrogens is 306 g/mol. The number of halogens is 2. The van der Waals surface area contributed by atoms with E-state index in [1.54, 1.807) is 4.90 Å². The predicted octanol–water partition coefficient (Wildman–Crippen LogP) is 0.951. The first-order valence-corrected chi connectivity index (χ1v) is 7.61. The van der Waals surface area contributed by atoms with Gasteiger partial charge < -0.3 is 14.9 Å². The molecule has 0 aromatic heterocycles. The Morgan fingerprint density at radius 3 is 2.26 bits per heavy atom. The molecule has 0 spiro atoms. The third kappa shape index (κ3) is 4.72. The quantitative estimate of drug-likeness (QED) is 0.876. The first kappa shape index (κ1) is 17.3. The number of amides is 2.